The lowest BCUT2D eigenvalue weighted by Crippen LogP contribution is -2.34. The lowest BCUT2D eigenvalue weighted by Gasteiger charge is -2.14. The fraction of sp³-hybridized carbons (Fsp3) is 0.364. The van der Waals surface area contributed by atoms with Crippen LogP contribution in [-0.4, -0.2) is 29.3 Å². The summed E-state index contributed by atoms with van der Waals surface area (Å²) < 4.78 is 0. The van der Waals surface area contributed by atoms with E-state index in [1.807, 2.05) is 0 Å². The summed E-state index contributed by atoms with van der Waals surface area (Å²) in [5.41, 5.74) is 6.15. The molecule has 16 heavy (non-hydrogen) atoms. The van der Waals surface area contributed by atoms with Crippen molar-refractivity contribution >= 4 is 17.5 Å². The van der Waals surface area contributed by atoms with E-state index in [1.54, 1.807) is 17.0 Å². The van der Waals surface area contributed by atoms with Crippen molar-refractivity contribution in [1.29, 1.82) is 0 Å². The van der Waals surface area contributed by atoms with Crippen LogP contribution in [0, 0.1) is 0 Å². The first-order chi connectivity index (χ1) is 7.59. The number of hydrogen-bond acceptors (Lipinski definition) is 4. The highest BCUT2D eigenvalue weighted by molar-refractivity contribution is 5.99. The number of amides is 1. The molecule has 1 amide bonds. The van der Waals surface area contributed by atoms with Gasteiger partial charge in [0.1, 0.15) is 5.82 Å². The van der Waals surface area contributed by atoms with Gasteiger partial charge in [-0.15, -0.1) is 0 Å². The zero-order valence-corrected chi connectivity index (χ0v) is 9.01. The number of ketones is 1. The highest BCUT2D eigenvalue weighted by atomic mass is 16.2. The predicted molar refractivity (Wildman–Crippen MR) is 59.2 cm³/mol. The molecule has 0 radical (unpaired) electrons. The maximum Gasteiger partial charge on any atom is 0.245 e. The van der Waals surface area contributed by atoms with Crippen LogP contribution in [0.25, 0.3) is 0 Å². The van der Waals surface area contributed by atoms with Gasteiger partial charge in [-0.25, -0.2) is 4.98 Å². The molecule has 0 spiro atoms. The average Bonchev–Trinajstić information content (AvgIpc) is 2.60. The summed E-state index contributed by atoms with van der Waals surface area (Å²) in [6.45, 7) is 2.07. The minimum atomic E-state index is -0.422. The number of carbonyl (C=O) groups excluding carboxylic acids is 2. The lowest BCUT2D eigenvalue weighted by atomic mass is 10.2. The van der Waals surface area contributed by atoms with E-state index in [1.165, 1.54) is 13.1 Å². The summed E-state index contributed by atoms with van der Waals surface area (Å²) in [5, 5.41) is 0. The van der Waals surface area contributed by atoms with Crippen LogP contribution in [0.2, 0.25) is 0 Å². The molecule has 1 fully saturated rings. The Bertz CT molecular complexity index is 427. The van der Waals surface area contributed by atoms with Crippen molar-refractivity contribution in [2.45, 2.75) is 19.4 Å². The molecule has 1 unspecified atom stereocenters. The maximum absolute atomic E-state index is 11.6. The molecule has 84 valence electrons. The first kappa shape index (κ1) is 10.8. The van der Waals surface area contributed by atoms with E-state index in [9.17, 15) is 9.59 Å². The molecule has 2 rings (SSSR count). The molecule has 1 atom stereocenters. The van der Waals surface area contributed by atoms with Crippen LogP contribution in [0.1, 0.15) is 23.7 Å². The molecule has 0 saturated carbocycles. The second-order valence-corrected chi connectivity index (χ2v) is 3.85. The Kier molecular flexibility index (Phi) is 2.70. The first-order valence-electron chi connectivity index (χ1n) is 5.13. The quantitative estimate of drug-likeness (QED) is 0.728. The minimum absolute atomic E-state index is 0.0384. The van der Waals surface area contributed by atoms with E-state index in [-0.39, 0.29) is 11.7 Å². The third kappa shape index (κ3) is 1.81. The van der Waals surface area contributed by atoms with E-state index in [0.717, 1.165) is 0 Å². The second-order valence-electron chi connectivity index (χ2n) is 3.85. The van der Waals surface area contributed by atoms with Gasteiger partial charge in [0.2, 0.25) is 5.91 Å². The normalized spacial score (nSPS) is 20.2. The minimum Gasteiger partial charge on any atom is -0.320 e. The number of Topliss-reactive ketones (excluding diaryl/α,β-unsaturated/α-hetero) is 1. The summed E-state index contributed by atoms with van der Waals surface area (Å²) in [5.74, 6) is 0.412. The Morgan fingerprint density at radius 2 is 2.31 bits per heavy atom. The van der Waals surface area contributed by atoms with Gasteiger partial charge >= 0.3 is 0 Å². The third-order valence-electron chi connectivity index (χ3n) is 2.68. The molecule has 0 bridgehead atoms. The molecule has 2 N–H and O–H groups in total. The van der Waals surface area contributed by atoms with Gasteiger partial charge in [0, 0.05) is 18.3 Å². The van der Waals surface area contributed by atoms with E-state index in [4.69, 9.17) is 5.73 Å². The van der Waals surface area contributed by atoms with Crippen molar-refractivity contribution in [3.05, 3.63) is 23.9 Å². The monoisotopic (exact) mass is 219 g/mol. The fourth-order valence-electron chi connectivity index (χ4n) is 1.68. The van der Waals surface area contributed by atoms with Gasteiger partial charge in [-0.2, -0.15) is 0 Å². The molecular weight excluding hydrogens is 206 g/mol. The zero-order chi connectivity index (χ0) is 11.7. The van der Waals surface area contributed by atoms with Gasteiger partial charge in [-0.1, -0.05) is 0 Å². The van der Waals surface area contributed by atoms with Gasteiger partial charge in [0.05, 0.1) is 6.04 Å². The number of rotatable bonds is 2. The van der Waals surface area contributed by atoms with E-state index in [2.05, 4.69) is 4.98 Å². The number of hydrogen-bond donors (Lipinski definition) is 1. The Labute approximate surface area is 93.3 Å². The van der Waals surface area contributed by atoms with Crippen LogP contribution in [-0.2, 0) is 4.79 Å². The number of pyridine rings is 1. The molecule has 5 nitrogen and oxygen atoms in total. The topological polar surface area (TPSA) is 76.3 Å². The van der Waals surface area contributed by atoms with Crippen LogP contribution in [0.3, 0.4) is 0 Å². The van der Waals surface area contributed by atoms with Gasteiger partial charge in [0.15, 0.2) is 5.78 Å². The Balaban J connectivity index is 2.22. The third-order valence-corrected chi connectivity index (χ3v) is 2.68. The molecule has 1 saturated heterocycles. The van der Waals surface area contributed by atoms with Crippen molar-refractivity contribution in [3.63, 3.8) is 0 Å². The Morgan fingerprint density at radius 1 is 1.56 bits per heavy atom. The number of anilines is 1. The summed E-state index contributed by atoms with van der Waals surface area (Å²) in [4.78, 5) is 28.3. The van der Waals surface area contributed by atoms with Crippen LogP contribution in [0.5, 0.6) is 0 Å². The molecule has 1 aliphatic rings. The van der Waals surface area contributed by atoms with Crippen molar-refractivity contribution in [2.75, 3.05) is 11.4 Å². The highest BCUT2D eigenvalue weighted by Crippen LogP contribution is 2.18. The van der Waals surface area contributed by atoms with Crippen molar-refractivity contribution in [1.82, 2.24) is 4.98 Å². The van der Waals surface area contributed by atoms with Crippen molar-refractivity contribution < 1.29 is 9.59 Å². The van der Waals surface area contributed by atoms with Crippen LogP contribution in [0.4, 0.5) is 5.82 Å². The summed E-state index contributed by atoms with van der Waals surface area (Å²) in [6.07, 6.45) is 2.13. The molecule has 1 aromatic heterocycles. The molecule has 1 aliphatic heterocycles. The molecule has 0 aliphatic carbocycles. The smallest absolute Gasteiger partial charge is 0.245 e. The maximum atomic E-state index is 11.6. The number of carbonyl (C=O) groups is 2. The molecule has 1 aromatic rings. The zero-order valence-electron chi connectivity index (χ0n) is 9.01. The van der Waals surface area contributed by atoms with E-state index < -0.39 is 6.04 Å². The van der Waals surface area contributed by atoms with Crippen LogP contribution in [0.15, 0.2) is 18.3 Å². The van der Waals surface area contributed by atoms with Gasteiger partial charge < -0.3 is 5.73 Å². The Morgan fingerprint density at radius 3 is 2.75 bits per heavy atom. The predicted octanol–water partition coefficient (Wildman–Crippen LogP) is 0.348. The van der Waals surface area contributed by atoms with Gasteiger partial charge in [0.25, 0.3) is 0 Å². The lowest BCUT2D eigenvalue weighted by molar-refractivity contribution is -0.118. The summed E-state index contributed by atoms with van der Waals surface area (Å²) in [7, 11) is 0. The molecule has 0 aromatic carbocycles. The first-order valence-corrected chi connectivity index (χ1v) is 5.13. The number of nitrogens with two attached hydrogens (primary N) is 1. The second kappa shape index (κ2) is 4.02. The summed E-state index contributed by atoms with van der Waals surface area (Å²) >= 11 is 0. The standard InChI is InChI=1S/C11H13N3O2/c1-7(15)8-2-3-10(13-6-8)14-5-4-9(12)11(14)16/h2-3,6,9H,4-5,12H2,1H3. The van der Waals surface area contributed by atoms with E-state index >= 15 is 0 Å². The number of aromatic nitrogens is 1. The molecular formula is C11H13N3O2. The molecule has 5 heteroatoms. The molecule has 2 heterocycles. The average molecular weight is 219 g/mol. The van der Waals surface area contributed by atoms with E-state index in [0.29, 0.717) is 24.3 Å². The van der Waals surface area contributed by atoms with Crippen LogP contribution >= 0.6 is 0 Å². The summed E-state index contributed by atoms with van der Waals surface area (Å²) in [6, 6.07) is 2.92. The number of nitrogens with zero attached hydrogens (tertiary/aromatic N) is 2. The highest BCUT2D eigenvalue weighted by Gasteiger charge is 2.30. The van der Waals surface area contributed by atoms with Crippen molar-refractivity contribution in [2.24, 2.45) is 5.73 Å². The van der Waals surface area contributed by atoms with Gasteiger partial charge in [-0.3, -0.25) is 14.5 Å². The van der Waals surface area contributed by atoms with Crippen molar-refractivity contribution in [3.8, 4) is 0 Å². The Hall–Kier alpha value is -1.75. The SMILES string of the molecule is CC(=O)c1ccc(N2CCC(N)C2=O)nc1. The largest absolute Gasteiger partial charge is 0.320 e. The fourth-order valence-corrected chi connectivity index (χ4v) is 1.68. The van der Waals surface area contributed by atoms with Gasteiger partial charge in [-0.05, 0) is 25.5 Å². The van der Waals surface area contributed by atoms with Crippen LogP contribution < -0.4 is 10.6 Å².